The molecular weight excluding hydrogens is 220 g/mol. The minimum Gasteiger partial charge on any atom is -0.324 e. The molecule has 3 nitrogen and oxygen atoms in total. The number of carbonyl (C=O) groups is 1. The molecule has 0 spiro atoms. The van der Waals surface area contributed by atoms with Crippen LogP contribution in [0.2, 0.25) is 0 Å². The third kappa shape index (κ3) is 4.51. The molecule has 0 unspecified atom stereocenters. The highest BCUT2D eigenvalue weighted by atomic mass is 32.2. The lowest BCUT2D eigenvalue weighted by Crippen LogP contribution is -2.07. The molecular formula is C12H16N2OS. The number of nitrogens with one attached hydrogen (secondary N) is 1. The second-order valence-electron chi connectivity index (χ2n) is 3.26. The molecule has 0 saturated carbocycles. The molecule has 0 saturated heterocycles. The first-order valence-corrected chi connectivity index (χ1v) is 6.08. The van der Waals surface area contributed by atoms with Crippen molar-refractivity contribution in [2.45, 2.75) is 13.3 Å². The summed E-state index contributed by atoms with van der Waals surface area (Å²) in [6, 6.07) is 7.80. The molecule has 0 fully saturated rings. The van der Waals surface area contributed by atoms with Crippen LogP contribution >= 0.6 is 11.8 Å². The van der Waals surface area contributed by atoms with Gasteiger partial charge in [-0.15, -0.1) is 0 Å². The van der Waals surface area contributed by atoms with Crippen molar-refractivity contribution in [1.29, 1.82) is 0 Å². The molecule has 1 aromatic carbocycles. The van der Waals surface area contributed by atoms with Crippen LogP contribution in [0.4, 0.5) is 5.69 Å². The molecule has 1 aromatic rings. The van der Waals surface area contributed by atoms with Gasteiger partial charge in [-0.3, -0.25) is 10.6 Å². The van der Waals surface area contributed by atoms with Gasteiger partial charge in [-0.25, -0.2) is 0 Å². The van der Waals surface area contributed by atoms with Gasteiger partial charge in [0.25, 0.3) is 0 Å². The van der Waals surface area contributed by atoms with Gasteiger partial charge in [0.1, 0.15) is 0 Å². The van der Waals surface area contributed by atoms with E-state index in [0.717, 1.165) is 23.4 Å². The summed E-state index contributed by atoms with van der Waals surface area (Å²) in [6.07, 6.45) is 4.94. The van der Waals surface area contributed by atoms with E-state index in [1.807, 2.05) is 36.4 Å². The highest BCUT2D eigenvalue weighted by Gasteiger charge is 1.95. The molecule has 86 valence electrons. The van der Waals surface area contributed by atoms with E-state index < -0.39 is 0 Å². The maximum Gasteiger partial charge on any atom is 0.185 e. The van der Waals surface area contributed by atoms with Crippen molar-refractivity contribution >= 4 is 28.6 Å². The van der Waals surface area contributed by atoms with Crippen molar-refractivity contribution in [3.05, 3.63) is 35.9 Å². The van der Waals surface area contributed by atoms with Gasteiger partial charge in [0.2, 0.25) is 0 Å². The Morgan fingerprint density at radius 3 is 2.94 bits per heavy atom. The van der Waals surface area contributed by atoms with Gasteiger partial charge in [-0.05, 0) is 18.1 Å². The van der Waals surface area contributed by atoms with Crippen molar-refractivity contribution in [2.24, 2.45) is 5.84 Å². The van der Waals surface area contributed by atoms with Crippen molar-refractivity contribution < 1.29 is 4.79 Å². The standard InChI is InChI=1S/C12H16N2OS/c1-10(15)16-9-5-4-7-11-6-2-3-8-12(11)14-13/h2-4,6-8,14H,5,9,13H2,1H3. The van der Waals surface area contributed by atoms with Crippen LogP contribution in [-0.4, -0.2) is 10.9 Å². The van der Waals surface area contributed by atoms with E-state index in [2.05, 4.69) is 5.43 Å². The summed E-state index contributed by atoms with van der Waals surface area (Å²) in [7, 11) is 0. The summed E-state index contributed by atoms with van der Waals surface area (Å²) in [5.74, 6) is 6.21. The number of hydrogen-bond donors (Lipinski definition) is 2. The smallest absolute Gasteiger partial charge is 0.185 e. The molecule has 3 N–H and O–H groups in total. The van der Waals surface area contributed by atoms with Crippen LogP contribution in [0.5, 0.6) is 0 Å². The third-order valence-corrected chi connectivity index (χ3v) is 2.85. The van der Waals surface area contributed by atoms with Crippen LogP contribution in [0, 0.1) is 0 Å². The number of rotatable bonds is 5. The zero-order valence-corrected chi connectivity index (χ0v) is 10.1. The first-order valence-electron chi connectivity index (χ1n) is 5.09. The fourth-order valence-corrected chi connectivity index (χ4v) is 1.80. The van der Waals surface area contributed by atoms with Crippen LogP contribution in [0.1, 0.15) is 18.9 Å². The number of nitrogens with two attached hydrogens (primary N) is 1. The SMILES string of the molecule is CC(=O)SCCC=Cc1ccccc1NN. The Morgan fingerprint density at radius 2 is 2.25 bits per heavy atom. The van der Waals surface area contributed by atoms with Crippen LogP contribution < -0.4 is 11.3 Å². The van der Waals surface area contributed by atoms with Gasteiger partial charge in [0.15, 0.2) is 5.12 Å². The predicted octanol–water partition coefficient (Wildman–Crippen LogP) is 2.66. The zero-order valence-electron chi connectivity index (χ0n) is 9.27. The molecule has 0 aromatic heterocycles. The molecule has 0 aliphatic heterocycles. The number of nitrogen functional groups attached to an aromatic ring is 1. The number of thioether (sulfide) groups is 1. The van der Waals surface area contributed by atoms with E-state index in [9.17, 15) is 4.79 Å². The maximum atomic E-state index is 10.7. The number of allylic oxidation sites excluding steroid dienone is 1. The van der Waals surface area contributed by atoms with Crippen LogP contribution in [0.3, 0.4) is 0 Å². The Kier molecular flexibility index (Phi) is 5.67. The molecule has 4 heteroatoms. The van der Waals surface area contributed by atoms with E-state index in [-0.39, 0.29) is 5.12 Å². The van der Waals surface area contributed by atoms with E-state index in [1.54, 1.807) is 6.92 Å². The summed E-state index contributed by atoms with van der Waals surface area (Å²) < 4.78 is 0. The summed E-state index contributed by atoms with van der Waals surface area (Å²) in [5, 5.41) is 0.164. The Morgan fingerprint density at radius 1 is 1.50 bits per heavy atom. The number of benzene rings is 1. The summed E-state index contributed by atoms with van der Waals surface area (Å²) in [4.78, 5) is 10.7. The van der Waals surface area contributed by atoms with Crippen LogP contribution in [0.15, 0.2) is 30.3 Å². The summed E-state index contributed by atoms with van der Waals surface area (Å²) in [6.45, 7) is 1.59. The molecule has 16 heavy (non-hydrogen) atoms. The molecule has 0 aliphatic rings. The topological polar surface area (TPSA) is 55.1 Å². The highest BCUT2D eigenvalue weighted by molar-refractivity contribution is 8.13. The van der Waals surface area contributed by atoms with Crippen molar-refractivity contribution in [1.82, 2.24) is 0 Å². The third-order valence-electron chi connectivity index (χ3n) is 2.00. The average molecular weight is 236 g/mol. The van der Waals surface area contributed by atoms with E-state index in [0.29, 0.717) is 0 Å². The first kappa shape index (κ1) is 12.8. The van der Waals surface area contributed by atoms with Crippen LogP contribution in [0.25, 0.3) is 6.08 Å². The minimum absolute atomic E-state index is 0.164. The number of hydrogen-bond acceptors (Lipinski definition) is 4. The van der Waals surface area contributed by atoms with Gasteiger partial charge in [-0.2, -0.15) is 0 Å². The maximum absolute atomic E-state index is 10.7. The lowest BCUT2D eigenvalue weighted by atomic mass is 10.1. The number of hydrazine groups is 1. The second kappa shape index (κ2) is 7.09. The van der Waals surface area contributed by atoms with Crippen molar-refractivity contribution in [3.63, 3.8) is 0 Å². The lowest BCUT2D eigenvalue weighted by Gasteiger charge is -2.03. The van der Waals surface area contributed by atoms with Crippen molar-refractivity contribution in [2.75, 3.05) is 11.2 Å². The average Bonchev–Trinajstić information content (AvgIpc) is 2.29. The van der Waals surface area contributed by atoms with E-state index in [4.69, 9.17) is 5.84 Å². The monoisotopic (exact) mass is 236 g/mol. The summed E-state index contributed by atoms with van der Waals surface area (Å²) in [5.41, 5.74) is 4.60. The molecule has 0 atom stereocenters. The summed E-state index contributed by atoms with van der Waals surface area (Å²) >= 11 is 1.35. The lowest BCUT2D eigenvalue weighted by molar-refractivity contribution is -0.109. The predicted molar refractivity (Wildman–Crippen MR) is 71.0 cm³/mol. The molecule has 0 heterocycles. The molecule has 0 radical (unpaired) electrons. The minimum atomic E-state index is 0.164. The highest BCUT2D eigenvalue weighted by Crippen LogP contribution is 2.15. The Labute approximate surface area is 100 Å². The quantitative estimate of drug-likeness (QED) is 0.469. The largest absolute Gasteiger partial charge is 0.324 e. The molecule has 1 rings (SSSR count). The van der Waals surface area contributed by atoms with E-state index in [1.165, 1.54) is 11.8 Å². The van der Waals surface area contributed by atoms with Crippen molar-refractivity contribution in [3.8, 4) is 0 Å². The molecule has 0 bridgehead atoms. The van der Waals surface area contributed by atoms with Gasteiger partial charge in [0.05, 0.1) is 5.69 Å². The van der Waals surface area contributed by atoms with Gasteiger partial charge in [0, 0.05) is 12.7 Å². The van der Waals surface area contributed by atoms with Crippen LogP contribution in [-0.2, 0) is 4.79 Å². The number of anilines is 1. The fourth-order valence-electron chi connectivity index (χ4n) is 1.25. The second-order valence-corrected chi connectivity index (χ2v) is 4.53. The number of carbonyl (C=O) groups excluding carboxylic acids is 1. The Bertz CT molecular complexity index is 377. The Balaban J connectivity index is 2.46. The molecule has 0 aliphatic carbocycles. The zero-order chi connectivity index (χ0) is 11.8. The number of para-hydroxylation sites is 1. The fraction of sp³-hybridized carbons (Fsp3) is 0.250. The van der Waals surface area contributed by atoms with Gasteiger partial charge in [-0.1, -0.05) is 42.1 Å². The normalized spacial score (nSPS) is 10.6. The van der Waals surface area contributed by atoms with Gasteiger partial charge < -0.3 is 5.43 Å². The molecule has 0 amide bonds. The van der Waals surface area contributed by atoms with Gasteiger partial charge >= 0.3 is 0 Å². The Hall–Kier alpha value is -1.26. The first-order chi connectivity index (χ1) is 7.74. The van der Waals surface area contributed by atoms with E-state index >= 15 is 0 Å².